The summed E-state index contributed by atoms with van der Waals surface area (Å²) in [6.07, 6.45) is 0.690. The van der Waals surface area contributed by atoms with Crippen molar-refractivity contribution in [2.45, 2.75) is 33.2 Å². The molecule has 3 N–H and O–H groups in total. The number of halogens is 1. The van der Waals surface area contributed by atoms with Crippen molar-refractivity contribution in [1.82, 2.24) is 0 Å². The summed E-state index contributed by atoms with van der Waals surface area (Å²) in [6, 6.07) is 5.33. The Hall–Kier alpha value is -0.870. The second-order valence-electron chi connectivity index (χ2n) is 4.71. The van der Waals surface area contributed by atoms with Crippen LogP contribution in [0.25, 0.3) is 0 Å². The molecule has 1 aromatic rings. The van der Waals surface area contributed by atoms with Gasteiger partial charge in [0, 0.05) is 4.47 Å². The van der Waals surface area contributed by atoms with E-state index in [0.717, 1.165) is 15.7 Å². The van der Waals surface area contributed by atoms with Crippen LogP contribution >= 0.6 is 15.9 Å². The van der Waals surface area contributed by atoms with Crippen LogP contribution in [0.5, 0.6) is 0 Å². The first kappa shape index (κ1) is 14.2. The molecule has 17 heavy (non-hydrogen) atoms. The number of hydrogen-bond donors (Lipinski definition) is 2. The van der Waals surface area contributed by atoms with Gasteiger partial charge in [0.1, 0.15) is 0 Å². The van der Waals surface area contributed by atoms with Crippen LogP contribution < -0.4 is 11.1 Å². The SMILES string of the molecule is Cc1ccc(NC(=O)[C@H](N)CC(C)C)c(Br)c1. The van der Waals surface area contributed by atoms with Crippen LogP contribution in [0, 0.1) is 12.8 Å². The van der Waals surface area contributed by atoms with Crippen LogP contribution in [0.15, 0.2) is 22.7 Å². The minimum atomic E-state index is -0.455. The lowest BCUT2D eigenvalue weighted by atomic mass is 10.0. The van der Waals surface area contributed by atoms with Crippen LogP contribution in [0.1, 0.15) is 25.8 Å². The highest BCUT2D eigenvalue weighted by Crippen LogP contribution is 2.23. The Kier molecular flexibility index (Phi) is 5.15. The van der Waals surface area contributed by atoms with Crippen LogP contribution in [-0.4, -0.2) is 11.9 Å². The summed E-state index contributed by atoms with van der Waals surface area (Å²) >= 11 is 3.42. The van der Waals surface area contributed by atoms with Gasteiger partial charge in [0.05, 0.1) is 11.7 Å². The summed E-state index contributed by atoms with van der Waals surface area (Å²) in [5.74, 6) is 0.278. The molecule has 0 bridgehead atoms. The van der Waals surface area contributed by atoms with Crippen LogP contribution in [-0.2, 0) is 4.79 Å². The first-order valence-corrected chi connectivity index (χ1v) is 6.52. The first-order chi connectivity index (χ1) is 7.90. The highest BCUT2D eigenvalue weighted by Gasteiger charge is 2.15. The van der Waals surface area contributed by atoms with Gasteiger partial charge in [-0.05, 0) is 52.9 Å². The van der Waals surface area contributed by atoms with E-state index in [1.54, 1.807) is 0 Å². The number of carbonyl (C=O) groups excluding carboxylic acids is 1. The molecule has 0 aliphatic heterocycles. The van der Waals surface area contributed by atoms with E-state index in [2.05, 4.69) is 35.1 Å². The Morgan fingerprint density at radius 3 is 2.65 bits per heavy atom. The number of anilines is 1. The fraction of sp³-hybridized carbons (Fsp3) is 0.462. The molecule has 0 radical (unpaired) electrons. The summed E-state index contributed by atoms with van der Waals surface area (Å²) in [7, 11) is 0. The number of hydrogen-bond acceptors (Lipinski definition) is 2. The van der Waals surface area contributed by atoms with Crippen molar-refractivity contribution in [2.75, 3.05) is 5.32 Å². The quantitative estimate of drug-likeness (QED) is 0.897. The second-order valence-corrected chi connectivity index (χ2v) is 5.56. The molecule has 0 spiro atoms. The van der Waals surface area contributed by atoms with Crippen molar-refractivity contribution in [3.63, 3.8) is 0 Å². The van der Waals surface area contributed by atoms with Gasteiger partial charge in [-0.2, -0.15) is 0 Å². The summed E-state index contributed by atoms with van der Waals surface area (Å²) in [5, 5.41) is 2.83. The van der Waals surface area contributed by atoms with Gasteiger partial charge in [-0.15, -0.1) is 0 Å². The van der Waals surface area contributed by atoms with E-state index in [4.69, 9.17) is 5.73 Å². The van der Waals surface area contributed by atoms with Gasteiger partial charge in [0.25, 0.3) is 0 Å². The van der Waals surface area contributed by atoms with Crippen molar-refractivity contribution in [3.05, 3.63) is 28.2 Å². The minimum Gasteiger partial charge on any atom is -0.324 e. The molecule has 0 saturated carbocycles. The van der Waals surface area contributed by atoms with E-state index >= 15 is 0 Å². The second kappa shape index (κ2) is 6.17. The molecule has 0 saturated heterocycles. The van der Waals surface area contributed by atoms with Gasteiger partial charge < -0.3 is 11.1 Å². The van der Waals surface area contributed by atoms with Gasteiger partial charge in [-0.25, -0.2) is 0 Å². The first-order valence-electron chi connectivity index (χ1n) is 5.72. The average Bonchev–Trinajstić information content (AvgIpc) is 2.21. The van der Waals surface area contributed by atoms with Gasteiger partial charge in [0.2, 0.25) is 5.91 Å². The fourth-order valence-electron chi connectivity index (χ4n) is 1.56. The Labute approximate surface area is 111 Å². The predicted molar refractivity (Wildman–Crippen MR) is 74.9 cm³/mol. The number of carbonyl (C=O) groups is 1. The van der Waals surface area contributed by atoms with Gasteiger partial charge >= 0.3 is 0 Å². The van der Waals surface area contributed by atoms with Crippen molar-refractivity contribution in [3.8, 4) is 0 Å². The highest BCUT2D eigenvalue weighted by atomic mass is 79.9. The minimum absolute atomic E-state index is 0.136. The monoisotopic (exact) mass is 298 g/mol. The molecule has 0 aliphatic carbocycles. The standard InChI is InChI=1S/C13H19BrN2O/c1-8(2)6-11(15)13(17)16-12-5-4-9(3)7-10(12)14/h4-5,7-8,11H,6,15H2,1-3H3,(H,16,17)/t11-/m1/s1. The van der Waals surface area contributed by atoms with Gasteiger partial charge in [0.15, 0.2) is 0 Å². The van der Waals surface area contributed by atoms with Crippen molar-refractivity contribution in [2.24, 2.45) is 11.7 Å². The summed E-state index contributed by atoms with van der Waals surface area (Å²) in [5.41, 5.74) is 7.72. The van der Waals surface area contributed by atoms with Crippen molar-refractivity contribution < 1.29 is 4.79 Å². The number of rotatable bonds is 4. The third-order valence-electron chi connectivity index (χ3n) is 2.44. The molecule has 0 aromatic heterocycles. The number of benzene rings is 1. The fourth-order valence-corrected chi connectivity index (χ4v) is 2.15. The van der Waals surface area contributed by atoms with E-state index < -0.39 is 6.04 Å². The molecular weight excluding hydrogens is 280 g/mol. The highest BCUT2D eigenvalue weighted by molar-refractivity contribution is 9.10. The lowest BCUT2D eigenvalue weighted by molar-refractivity contribution is -0.117. The molecule has 0 aliphatic rings. The van der Waals surface area contributed by atoms with Crippen LogP contribution in [0.2, 0.25) is 0 Å². The average molecular weight is 299 g/mol. The maximum Gasteiger partial charge on any atom is 0.241 e. The zero-order valence-corrected chi connectivity index (χ0v) is 12.0. The van der Waals surface area contributed by atoms with Crippen LogP contribution in [0.3, 0.4) is 0 Å². The molecule has 94 valence electrons. The molecule has 1 amide bonds. The Balaban J connectivity index is 2.67. The summed E-state index contributed by atoms with van der Waals surface area (Å²) in [6.45, 7) is 6.10. The third kappa shape index (κ3) is 4.48. The lowest BCUT2D eigenvalue weighted by Crippen LogP contribution is -2.36. The van der Waals surface area contributed by atoms with E-state index in [1.165, 1.54) is 0 Å². The molecule has 1 aromatic carbocycles. The number of nitrogens with two attached hydrogens (primary N) is 1. The van der Waals surface area contributed by atoms with E-state index in [9.17, 15) is 4.79 Å². The van der Waals surface area contributed by atoms with E-state index in [0.29, 0.717) is 12.3 Å². The van der Waals surface area contributed by atoms with Crippen molar-refractivity contribution in [1.29, 1.82) is 0 Å². The zero-order valence-electron chi connectivity index (χ0n) is 10.5. The molecular formula is C13H19BrN2O. The molecule has 0 fully saturated rings. The number of aryl methyl sites for hydroxylation is 1. The normalized spacial score (nSPS) is 12.6. The third-order valence-corrected chi connectivity index (χ3v) is 3.10. The molecule has 0 heterocycles. The van der Waals surface area contributed by atoms with Gasteiger partial charge in [-0.1, -0.05) is 19.9 Å². The van der Waals surface area contributed by atoms with Crippen molar-refractivity contribution >= 4 is 27.5 Å². The maximum absolute atomic E-state index is 11.8. The largest absolute Gasteiger partial charge is 0.324 e. The number of nitrogens with one attached hydrogen (secondary N) is 1. The Bertz CT molecular complexity index is 404. The summed E-state index contributed by atoms with van der Waals surface area (Å²) < 4.78 is 0.877. The van der Waals surface area contributed by atoms with E-state index in [-0.39, 0.29) is 5.91 Å². The topological polar surface area (TPSA) is 55.1 Å². The Morgan fingerprint density at radius 1 is 1.47 bits per heavy atom. The molecule has 0 unspecified atom stereocenters. The smallest absolute Gasteiger partial charge is 0.241 e. The molecule has 1 atom stereocenters. The molecule has 1 rings (SSSR count). The summed E-state index contributed by atoms with van der Waals surface area (Å²) in [4.78, 5) is 11.8. The maximum atomic E-state index is 11.8. The molecule has 3 nitrogen and oxygen atoms in total. The van der Waals surface area contributed by atoms with Crippen LogP contribution in [0.4, 0.5) is 5.69 Å². The number of amides is 1. The predicted octanol–water partition coefficient (Wildman–Crippen LogP) is 3.07. The zero-order chi connectivity index (χ0) is 13.0. The molecule has 4 heteroatoms. The lowest BCUT2D eigenvalue weighted by Gasteiger charge is -2.15. The Morgan fingerprint density at radius 2 is 2.12 bits per heavy atom. The van der Waals surface area contributed by atoms with Gasteiger partial charge in [-0.3, -0.25) is 4.79 Å². The van der Waals surface area contributed by atoms with E-state index in [1.807, 2.05) is 25.1 Å².